The van der Waals surface area contributed by atoms with Crippen LogP contribution in [0.3, 0.4) is 0 Å². The van der Waals surface area contributed by atoms with Crippen LogP contribution in [0.1, 0.15) is 42.6 Å². The molecule has 0 saturated heterocycles. The number of fused-ring (bicyclic) bond motifs is 1. The van der Waals surface area contributed by atoms with E-state index in [0.29, 0.717) is 30.9 Å². The third-order valence-electron chi connectivity index (χ3n) is 5.81. The van der Waals surface area contributed by atoms with Crippen molar-refractivity contribution in [1.29, 1.82) is 0 Å². The second-order valence-electron chi connectivity index (χ2n) is 8.63. The highest BCUT2D eigenvalue weighted by Gasteiger charge is 2.25. The molecule has 0 spiro atoms. The fourth-order valence-electron chi connectivity index (χ4n) is 3.49. The molecule has 0 saturated carbocycles. The van der Waals surface area contributed by atoms with Gasteiger partial charge in [-0.2, -0.15) is 0 Å². The summed E-state index contributed by atoms with van der Waals surface area (Å²) < 4.78 is 11.3. The monoisotopic (exact) mass is 496 g/mol. The number of cyclic esters (lactones) is 1. The number of benzene rings is 1. The number of ether oxygens (including phenoxy) is 2. The van der Waals surface area contributed by atoms with Crippen LogP contribution in [0.5, 0.6) is 11.5 Å². The molecule has 0 fully saturated rings. The number of esters is 1. The molecule has 36 heavy (non-hydrogen) atoms. The van der Waals surface area contributed by atoms with E-state index in [1.54, 1.807) is 26.1 Å². The third kappa shape index (κ3) is 7.40. The van der Waals surface area contributed by atoms with Crippen LogP contribution in [0.2, 0.25) is 0 Å². The molecule has 1 aromatic heterocycles. The fraction of sp³-hybridized carbons (Fsp3) is 0.370. The quantitative estimate of drug-likeness (QED) is 0.351. The van der Waals surface area contributed by atoms with Crippen molar-refractivity contribution in [2.45, 2.75) is 45.0 Å². The van der Waals surface area contributed by atoms with E-state index < -0.39 is 30.1 Å². The average Bonchev–Trinajstić information content (AvgIpc) is 2.86. The molecule has 0 amide bonds. The van der Waals surface area contributed by atoms with Gasteiger partial charge in [0, 0.05) is 24.7 Å². The SMILES string of the molecule is C[C@@H]1/C=C\C(=O)C(O)[C@@H](O)C/C=C/c2cc(OCCCNc3ccccn3)cc(O)c2C(=O)O[C@H]1C. The lowest BCUT2D eigenvalue weighted by Gasteiger charge is -2.20. The smallest absolute Gasteiger partial charge is 0.342 e. The van der Waals surface area contributed by atoms with Gasteiger partial charge in [-0.15, -0.1) is 0 Å². The molecule has 1 unspecified atom stereocenters. The summed E-state index contributed by atoms with van der Waals surface area (Å²) in [5, 5.41) is 34.2. The number of aromatic nitrogens is 1. The van der Waals surface area contributed by atoms with Crippen LogP contribution < -0.4 is 10.1 Å². The Morgan fingerprint density at radius 3 is 2.72 bits per heavy atom. The number of rotatable bonds is 6. The minimum atomic E-state index is -1.58. The summed E-state index contributed by atoms with van der Waals surface area (Å²) in [6.45, 7) is 4.39. The van der Waals surface area contributed by atoms with Crippen molar-refractivity contribution in [3.8, 4) is 11.5 Å². The highest BCUT2D eigenvalue weighted by Crippen LogP contribution is 2.31. The first kappa shape index (κ1) is 26.9. The molecule has 3 rings (SSSR count). The summed E-state index contributed by atoms with van der Waals surface area (Å²) in [4.78, 5) is 29.3. The minimum Gasteiger partial charge on any atom is -0.507 e. The maximum Gasteiger partial charge on any atom is 0.342 e. The standard InChI is InChI=1S/C27H32N2O7/c1-17-10-11-22(31)26(33)21(30)8-5-7-19-15-20(16-23(32)25(19)27(34)36-18(17)2)35-14-6-13-29-24-9-3-4-12-28-24/h3-5,7,9-12,15-18,21,26,30,32-33H,6,8,13-14H2,1-2H3,(H,28,29)/b7-5+,11-10-/t17-,18+,21+,26?/m1/s1. The Morgan fingerprint density at radius 1 is 1.17 bits per heavy atom. The number of carbonyl (C=O) groups excluding carboxylic acids is 2. The summed E-state index contributed by atoms with van der Waals surface area (Å²) in [6, 6.07) is 8.53. The number of nitrogens with one attached hydrogen (secondary N) is 1. The predicted molar refractivity (Wildman–Crippen MR) is 135 cm³/mol. The van der Waals surface area contributed by atoms with E-state index in [2.05, 4.69) is 10.3 Å². The Morgan fingerprint density at radius 2 is 1.97 bits per heavy atom. The van der Waals surface area contributed by atoms with Crippen LogP contribution in [-0.4, -0.2) is 63.5 Å². The highest BCUT2D eigenvalue weighted by atomic mass is 16.5. The maximum absolute atomic E-state index is 12.9. The zero-order valence-electron chi connectivity index (χ0n) is 20.3. The summed E-state index contributed by atoms with van der Waals surface area (Å²) >= 11 is 0. The zero-order valence-corrected chi connectivity index (χ0v) is 20.3. The van der Waals surface area contributed by atoms with Crippen molar-refractivity contribution in [2.24, 2.45) is 5.92 Å². The molecule has 1 aliphatic heterocycles. The average molecular weight is 497 g/mol. The lowest BCUT2D eigenvalue weighted by Crippen LogP contribution is -2.32. The van der Waals surface area contributed by atoms with Crippen molar-refractivity contribution < 1.29 is 34.4 Å². The molecule has 9 nitrogen and oxygen atoms in total. The minimum absolute atomic E-state index is 0.0402. The lowest BCUT2D eigenvalue weighted by molar-refractivity contribution is -0.127. The van der Waals surface area contributed by atoms with Crippen molar-refractivity contribution in [3.05, 3.63) is 65.9 Å². The number of aromatic hydroxyl groups is 1. The van der Waals surface area contributed by atoms with Crippen molar-refractivity contribution in [2.75, 3.05) is 18.5 Å². The molecule has 4 N–H and O–H groups in total. The number of pyridine rings is 1. The molecule has 192 valence electrons. The maximum atomic E-state index is 12.9. The first-order valence-electron chi connectivity index (χ1n) is 11.9. The van der Waals surface area contributed by atoms with Gasteiger partial charge in [-0.3, -0.25) is 4.79 Å². The van der Waals surface area contributed by atoms with Gasteiger partial charge in [0.05, 0.1) is 12.7 Å². The molecule has 1 aliphatic rings. The highest BCUT2D eigenvalue weighted by molar-refractivity contribution is 5.97. The van der Waals surface area contributed by atoms with Crippen LogP contribution in [0.15, 0.2) is 54.8 Å². The van der Waals surface area contributed by atoms with Gasteiger partial charge in [0.15, 0.2) is 5.78 Å². The van der Waals surface area contributed by atoms with Gasteiger partial charge in [-0.05, 0) is 49.6 Å². The second kappa shape index (κ2) is 12.9. The number of phenolic OH excluding ortho intramolecular Hbond substituents is 1. The van der Waals surface area contributed by atoms with E-state index in [-0.39, 0.29) is 23.7 Å². The number of hydrogen-bond donors (Lipinski definition) is 4. The number of aliphatic hydroxyl groups excluding tert-OH is 2. The molecule has 2 aromatic rings. The molecular weight excluding hydrogens is 464 g/mol. The van der Waals surface area contributed by atoms with Gasteiger partial charge < -0.3 is 30.1 Å². The zero-order chi connectivity index (χ0) is 26.1. The third-order valence-corrected chi connectivity index (χ3v) is 5.81. The number of anilines is 1. The van der Waals surface area contributed by atoms with Gasteiger partial charge in [0.2, 0.25) is 0 Å². The Hall–Kier alpha value is -3.69. The van der Waals surface area contributed by atoms with Gasteiger partial charge in [-0.25, -0.2) is 9.78 Å². The Bertz CT molecular complexity index is 1100. The largest absolute Gasteiger partial charge is 0.507 e. The fourth-order valence-corrected chi connectivity index (χ4v) is 3.49. The lowest BCUT2D eigenvalue weighted by atomic mass is 9.99. The number of ketones is 1. The molecule has 0 bridgehead atoms. The Labute approximate surface area is 210 Å². The summed E-state index contributed by atoms with van der Waals surface area (Å²) in [7, 11) is 0. The van der Waals surface area contributed by atoms with Crippen LogP contribution in [-0.2, 0) is 9.53 Å². The Kier molecular flexibility index (Phi) is 9.61. The van der Waals surface area contributed by atoms with Gasteiger partial charge in [0.1, 0.15) is 35.1 Å². The number of hydrogen-bond acceptors (Lipinski definition) is 9. The van der Waals surface area contributed by atoms with E-state index in [1.165, 1.54) is 30.4 Å². The first-order valence-corrected chi connectivity index (χ1v) is 11.9. The first-order chi connectivity index (χ1) is 17.3. The summed E-state index contributed by atoms with van der Waals surface area (Å²) in [5.74, 6) is -0.906. The normalized spacial score (nSPS) is 24.7. The summed E-state index contributed by atoms with van der Waals surface area (Å²) in [6.07, 6.45) is 4.49. The topological polar surface area (TPSA) is 138 Å². The molecule has 0 radical (unpaired) electrons. The predicted octanol–water partition coefficient (Wildman–Crippen LogP) is 3.11. The molecule has 1 aromatic carbocycles. The molecule has 0 aliphatic carbocycles. The van der Waals surface area contributed by atoms with Gasteiger partial charge >= 0.3 is 5.97 Å². The van der Waals surface area contributed by atoms with E-state index in [1.807, 2.05) is 18.2 Å². The van der Waals surface area contributed by atoms with E-state index in [9.17, 15) is 24.9 Å². The molecule has 4 atom stereocenters. The molecular formula is C27H32N2O7. The number of carbonyl (C=O) groups is 2. The molecule has 9 heteroatoms. The second-order valence-corrected chi connectivity index (χ2v) is 8.63. The van der Waals surface area contributed by atoms with E-state index in [4.69, 9.17) is 9.47 Å². The van der Waals surface area contributed by atoms with Gasteiger partial charge in [0.25, 0.3) is 0 Å². The van der Waals surface area contributed by atoms with Crippen LogP contribution in [0.25, 0.3) is 6.08 Å². The number of nitrogens with zero attached hydrogens (tertiary/aromatic N) is 1. The van der Waals surface area contributed by atoms with E-state index >= 15 is 0 Å². The Balaban J connectivity index is 1.77. The molecule has 2 heterocycles. The van der Waals surface area contributed by atoms with Crippen LogP contribution in [0, 0.1) is 5.92 Å². The van der Waals surface area contributed by atoms with Crippen LogP contribution in [0.4, 0.5) is 5.82 Å². The number of aliphatic hydroxyl groups is 2. The van der Waals surface area contributed by atoms with Crippen molar-refractivity contribution >= 4 is 23.6 Å². The summed E-state index contributed by atoms with van der Waals surface area (Å²) in [5.41, 5.74) is 0.281. The number of phenols is 1. The van der Waals surface area contributed by atoms with Crippen molar-refractivity contribution in [1.82, 2.24) is 4.98 Å². The van der Waals surface area contributed by atoms with Crippen molar-refractivity contribution in [3.63, 3.8) is 0 Å². The van der Waals surface area contributed by atoms with E-state index in [0.717, 1.165) is 5.82 Å². The van der Waals surface area contributed by atoms with Crippen LogP contribution >= 0.6 is 0 Å². The van der Waals surface area contributed by atoms with Gasteiger partial charge in [-0.1, -0.05) is 31.2 Å².